The van der Waals surface area contributed by atoms with Gasteiger partial charge in [-0.05, 0) is 44.8 Å². The largest absolute Gasteiger partial charge is 0.392 e. The van der Waals surface area contributed by atoms with Gasteiger partial charge in [-0.2, -0.15) is 0 Å². The third-order valence-corrected chi connectivity index (χ3v) is 5.28. The molecule has 0 fully saturated rings. The van der Waals surface area contributed by atoms with Gasteiger partial charge in [0, 0.05) is 13.6 Å². The number of halogens is 1. The van der Waals surface area contributed by atoms with Crippen molar-refractivity contribution in [3.63, 3.8) is 0 Å². The van der Waals surface area contributed by atoms with Crippen molar-refractivity contribution in [3.05, 3.63) is 28.8 Å². The molecule has 0 saturated carbocycles. The van der Waals surface area contributed by atoms with Crippen LogP contribution < -0.4 is 0 Å². The van der Waals surface area contributed by atoms with Crippen LogP contribution >= 0.6 is 11.6 Å². The van der Waals surface area contributed by atoms with Gasteiger partial charge >= 0.3 is 0 Å². The maximum absolute atomic E-state index is 12.4. The van der Waals surface area contributed by atoms with Crippen LogP contribution in [-0.2, 0) is 16.6 Å². The maximum atomic E-state index is 12.4. The molecule has 20 heavy (non-hydrogen) atoms. The Morgan fingerprint density at radius 2 is 1.85 bits per heavy atom. The molecule has 0 amide bonds. The highest BCUT2D eigenvalue weighted by Gasteiger charge is 2.23. The number of nitrogens with zero attached hydrogens (tertiary/aromatic N) is 2. The van der Waals surface area contributed by atoms with Gasteiger partial charge in [0.05, 0.1) is 11.6 Å². The lowest BCUT2D eigenvalue weighted by Gasteiger charge is -2.19. The van der Waals surface area contributed by atoms with E-state index in [4.69, 9.17) is 16.7 Å². The van der Waals surface area contributed by atoms with Crippen molar-refractivity contribution in [3.8, 4) is 0 Å². The molecule has 0 aliphatic heterocycles. The maximum Gasteiger partial charge on any atom is 0.244 e. The molecular weight excluding hydrogens is 300 g/mol. The van der Waals surface area contributed by atoms with Crippen molar-refractivity contribution in [1.82, 2.24) is 9.21 Å². The van der Waals surface area contributed by atoms with Gasteiger partial charge in [0.25, 0.3) is 0 Å². The Bertz CT molecular complexity index is 547. The summed E-state index contributed by atoms with van der Waals surface area (Å²) in [6.07, 6.45) is 0.736. The summed E-state index contributed by atoms with van der Waals surface area (Å²) in [7, 11) is 1.79. The molecule has 0 atom stereocenters. The number of hydrogen-bond acceptors (Lipinski definition) is 4. The summed E-state index contributed by atoms with van der Waals surface area (Å²) in [5, 5.41) is 9.27. The summed E-state index contributed by atoms with van der Waals surface area (Å²) in [6, 6.07) is 4.52. The van der Waals surface area contributed by atoms with Crippen LogP contribution in [0.4, 0.5) is 0 Å². The van der Waals surface area contributed by atoms with E-state index in [1.807, 2.05) is 19.0 Å². The molecule has 0 aromatic heterocycles. The Hall–Kier alpha value is -0.660. The average Bonchev–Trinajstić information content (AvgIpc) is 2.38. The van der Waals surface area contributed by atoms with E-state index in [1.165, 1.54) is 23.5 Å². The molecule has 114 valence electrons. The van der Waals surface area contributed by atoms with Gasteiger partial charge in [-0.1, -0.05) is 17.7 Å². The molecule has 0 unspecified atom stereocenters. The van der Waals surface area contributed by atoms with Crippen molar-refractivity contribution in [2.24, 2.45) is 0 Å². The van der Waals surface area contributed by atoms with E-state index in [0.29, 0.717) is 12.1 Å². The van der Waals surface area contributed by atoms with E-state index < -0.39 is 10.0 Å². The molecule has 7 heteroatoms. The quantitative estimate of drug-likeness (QED) is 0.825. The van der Waals surface area contributed by atoms with Crippen molar-refractivity contribution in [2.45, 2.75) is 17.9 Å². The molecule has 0 saturated heterocycles. The first kappa shape index (κ1) is 17.4. The number of hydrogen-bond donors (Lipinski definition) is 1. The first-order valence-electron chi connectivity index (χ1n) is 6.29. The molecule has 5 nitrogen and oxygen atoms in total. The molecule has 0 heterocycles. The number of sulfonamides is 1. The van der Waals surface area contributed by atoms with E-state index >= 15 is 0 Å². The molecule has 0 radical (unpaired) electrons. The highest BCUT2D eigenvalue weighted by Crippen LogP contribution is 2.25. The van der Waals surface area contributed by atoms with Crippen molar-refractivity contribution in [1.29, 1.82) is 0 Å². The SMILES string of the molecule is CN(C)CCCN(C)S(=O)(=O)c1cc(CO)ccc1Cl. The van der Waals surface area contributed by atoms with Gasteiger partial charge in [0.15, 0.2) is 0 Å². The number of rotatable bonds is 7. The summed E-state index contributed by atoms with van der Waals surface area (Å²) in [4.78, 5) is 2.04. The second kappa shape index (κ2) is 7.38. The third-order valence-electron chi connectivity index (χ3n) is 2.94. The van der Waals surface area contributed by atoms with Crippen molar-refractivity contribution < 1.29 is 13.5 Å². The molecule has 0 spiro atoms. The van der Waals surface area contributed by atoms with Crippen LogP contribution in [0, 0.1) is 0 Å². The molecule has 0 aliphatic rings. The average molecular weight is 321 g/mol. The highest BCUT2D eigenvalue weighted by atomic mass is 35.5. The molecule has 1 aromatic carbocycles. The fourth-order valence-corrected chi connectivity index (χ4v) is 3.47. The first-order chi connectivity index (χ1) is 9.28. The summed E-state index contributed by atoms with van der Waals surface area (Å²) in [5.41, 5.74) is 0.523. The van der Waals surface area contributed by atoms with Crippen LogP contribution in [0.1, 0.15) is 12.0 Å². The van der Waals surface area contributed by atoms with Gasteiger partial charge in [0.1, 0.15) is 4.90 Å². The number of aliphatic hydroxyl groups excluding tert-OH is 1. The summed E-state index contributed by atoms with van der Waals surface area (Å²) >= 11 is 5.97. The zero-order valence-electron chi connectivity index (χ0n) is 12.0. The van der Waals surface area contributed by atoms with Crippen LogP contribution in [0.15, 0.2) is 23.1 Å². The standard InChI is InChI=1S/C13H21ClN2O3S/c1-15(2)7-4-8-16(3)20(18,19)13-9-11(10-17)5-6-12(13)14/h5-6,9,17H,4,7-8,10H2,1-3H3. The van der Waals surface area contributed by atoms with Gasteiger partial charge < -0.3 is 10.0 Å². The van der Waals surface area contributed by atoms with Crippen LogP contribution in [0.2, 0.25) is 5.02 Å². The zero-order valence-corrected chi connectivity index (χ0v) is 13.6. The molecule has 0 bridgehead atoms. The van der Waals surface area contributed by atoms with Crippen LogP contribution in [0.3, 0.4) is 0 Å². The van der Waals surface area contributed by atoms with Crippen LogP contribution in [0.25, 0.3) is 0 Å². The number of aliphatic hydroxyl groups is 1. The highest BCUT2D eigenvalue weighted by molar-refractivity contribution is 7.89. The minimum Gasteiger partial charge on any atom is -0.392 e. The monoisotopic (exact) mass is 320 g/mol. The summed E-state index contributed by atoms with van der Waals surface area (Å²) in [6.45, 7) is 1.01. The van der Waals surface area contributed by atoms with Crippen LogP contribution in [0.5, 0.6) is 0 Å². The van der Waals surface area contributed by atoms with E-state index in [9.17, 15) is 8.42 Å². The van der Waals surface area contributed by atoms with Crippen LogP contribution in [-0.4, -0.2) is 57.0 Å². The van der Waals surface area contributed by atoms with Crippen molar-refractivity contribution >= 4 is 21.6 Å². The van der Waals surface area contributed by atoms with Gasteiger partial charge in [0.2, 0.25) is 10.0 Å². The smallest absolute Gasteiger partial charge is 0.244 e. The minimum absolute atomic E-state index is 0.0399. The van der Waals surface area contributed by atoms with Gasteiger partial charge in [-0.3, -0.25) is 0 Å². The third kappa shape index (κ3) is 4.43. The van der Waals surface area contributed by atoms with E-state index in [1.54, 1.807) is 6.07 Å². The van der Waals surface area contributed by atoms with Gasteiger partial charge in [-0.25, -0.2) is 12.7 Å². The lowest BCUT2D eigenvalue weighted by atomic mass is 10.2. The molecule has 0 aliphatic carbocycles. The van der Waals surface area contributed by atoms with Crippen molar-refractivity contribution in [2.75, 3.05) is 34.2 Å². The topological polar surface area (TPSA) is 60.9 Å². The summed E-state index contributed by atoms with van der Waals surface area (Å²) < 4.78 is 26.2. The van der Waals surface area contributed by atoms with E-state index in [2.05, 4.69) is 0 Å². The second-order valence-corrected chi connectivity index (χ2v) is 7.33. The Labute approximate surface area is 125 Å². The number of benzene rings is 1. The second-order valence-electron chi connectivity index (χ2n) is 4.91. The van der Waals surface area contributed by atoms with Gasteiger partial charge in [-0.15, -0.1) is 0 Å². The zero-order chi connectivity index (χ0) is 15.3. The molecular formula is C13H21ClN2O3S. The Morgan fingerprint density at radius 1 is 1.20 bits per heavy atom. The molecule has 1 rings (SSSR count). The normalized spacial score (nSPS) is 12.3. The Morgan fingerprint density at radius 3 is 2.40 bits per heavy atom. The lowest BCUT2D eigenvalue weighted by molar-refractivity contribution is 0.281. The Balaban J connectivity index is 2.92. The molecule has 1 aromatic rings. The summed E-state index contributed by atoms with van der Waals surface area (Å²) in [5.74, 6) is 0. The Kier molecular flexibility index (Phi) is 6.42. The fourth-order valence-electron chi connectivity index (χ4n) is 1.74. The lowest BCUT2D eigenvalue weighted by Crippen LogP contribution is -2.30. The minimum atomic E-state index is -3.63. The first-order valence-corrected chi connectivity index (χ1v) is 8.11. The predicted octanol–water partition coefficient (Wildman–Crippen LogP) is 1.40. The molecule has 1 N–H and O–H groups in total. The predicted molar refractivity (Wildman–Crippen MR) is 80.4 cm³/mol. The van der Waals surface area contributed by atoms with E-state index in [0.717, 1.165) is 13.0 Å². The fraction of sp³-hybridized carbons (Fsp3) is 0.538. The van der Waals surface area contributed by atoms with E-state index in [-0.39, 0.29) is 16.5 Å².